The van der Waals surface area contributed by atoms with Gasteiger partial charge in [-0.2, -0.15) is 0 Å². The van der Waals surface area contributed by atoms with Crippen LogP contribution < -0.4 is 10.6 Å². The molecule has 0 spiro atoms. The molecule has 4 rings (SSSR count). The van der Waals surface area contributed by atoms with Crippen LogP contribution in [-0.4, -0.2) is 71.7 Å². The van der Waals surface area contributed by atoms with Crippen LogP contribution in [-0.2, 0) is 53.1 Å². The van der Waals surface area contributed by atoms with E-state index in [-0.39, 0.29) is 58.1 Å². The molecule has 3 aromatic rings. The van der Waals surface area contributed by atoms with E-state index in [0.29, 0.717) is 5.56 Å². The molecule has 0 aliphatic carbocycles. The molecule has 49 heavy (non-hydrogen) atoms. The first-order chi connectivity index (χ1) is 23.8. The van der Waals surface area contributed by atoms with E-state index in [1.165, 1.54) is 4.90 Å². The highest BCUT2D eigenvalue weighted by molar-refractivity contribution is 5.90. The summed E-state index contributed by atoms with van der Waals surface area (Å²) in [4.78, 5) is 67.4. The molecule has 0 radical (unpaired) electrons. The fourth-order valence-electron chi connectivity index (χ4n) is 5.01. The molecule has 1 aliphatic heterocycles. The molecular weight excluding hydrogens is 630 g/mol. The molecule has 0 saturated carbocycles. The molecule has 3 N–H and O–H groups in total. The quantitative estimate of drug-likeness (QED) is 0.149. The summed E-state index contributed by atoms with van der Waals surface area (Å²) in [5, 5.41) is 14.8. The molecule has 3 amide bonds. The zero-order valence-electron chi connectivity index (χ0n) is 27.1. The molecule has 12 nitrogen and oxygen atoms in total. The molecule has 258 valence electrons. The number of alkyl carbamates (subject to hydrolysis) is 1. The third-order valence-electron chi connectivity index (χ3n) is 7.70. The fourth-order valence-corrected chi connectivity index (χ4v) is 5.01. The minimum Gasteiger partial charge on any atom is -0.461 e. The lowest BCUT2D eigenvalue weighted by Gasteiger charge is -2.26. The molecule has 3 aromatic carbocycles. The minimum atomic E-state index is -1.40. The van der Waals surface area contributed by atoms with Crippen LogP contribution in [0.15, 0.2) is 103 Å². The van der Waals surface area contributed by atoms with Gasteiger partial charge in [0.15, 0.2) is 6.04 Å². The van der Waals surface area contributed by atoms with Crippen molar-refractivity contribution in [1.82, 2.24) is 15.5 Å². The fraction of sp³-hybridized carbons (Fsp3) is 0.324. The van der Waals surface area contributed by atoms with Crippen molar-refractivity contribution in [3.8, 4) is 0 Å². The average Bonchev–Trinajstić information content (AvgIpc) is 3.12. The van der Waals surface area contributed by atoms with E-state index in [2.05, 4.69) is 10.6 Å². The van der Waals surface area contributed by atoms with Crippen molar-refractivity contribution >= 4 is 29.8 Å². The number of rotatable bonds is 12. The zero-order valence-corrected chi connectivity index (χ0v) is 27.1. The van der Waals surface area contributed by atoms with Gasteiger partial charge in [0.1, 0.15) is 25.9 Å². The molecule has 3 atom stereocenters. The van der Waals surface area contributed by atoms with Crippen molar-refractivity contribution in [2.75, 3.05) is 19.8 Å². The van der Waals surface area contributed by atoms with Gasteiger partial charge in [0.2, 0.25) is 11.8 Å². The van der Waals surface area contributed by atoms with Gasteiger partial charge in [-0.15, -0.1) is 0 Å². The van der Waals surface area contributed by atoms with Gasteiger partial charge >= 0.3 is 18.0 Å². The maximum atomic E-state index is 13.6. The Hall–Kier alpha value is -5.49. The highest BCUT2D eigenvalue weighted by Crippen LogP contribution is 2.17. The van der Waals surface area contributed by atoms with Gasteiger partial charge in [-0.1, -0.05) is 103 Å². The van der Waals surface area contributed by atoms with Crippen LogP contribution >= 0.6 is 0 Å². The lowest BCUT2D eigenvalue weighted by Crippen LogP contribution is -2.50. The van der Waals surface area contributed by atoms with Gasteiger partial charge in [-0.25, -0.2) is 14.4 Å². The number of esters is 2. The minimum absolute atomic E-state index is 0.00464. The number of nitrogens with one attached hydrogen (secondary N) is 2. The second-order valence-electron chi connectivity index (χ2n) is 11.4. The number of aliphatic hydroxyl groups excluding tert-OH is 1. The molecule has 12 heteroatoms. The highest BCUT2D eigenvalue weighted by Gasteiger charge is 2.32. The van der Waals surface area contributed by atoms with Crippen LogP contribution in [0.3, 0.4) is 0 Å². The van der Waals surface area contributed by atoms with Crippen molar-refractivity contribution in [2.24, 2.45) is 5.92 Å². The highest BCUT2D eigenvalue weighted by atomic mass is 16.6. The number of carbonyl (C=O) groups excluding carboxylic acids is 5. The average molecular weight is 672 g/mol. The third-order valence-corrected chi connectivity index (χ3v) is 7.70. The number of amides is 3. The summed E-state index contributed by atoms with van der Waals surface area (Å²) in [6, 6.07) is 24.6. The molecule has 0 fully saturated rings. The molecule has 1 heterocycles. The maximum absolute atomic E-state index is 13.6. The number of hydrogen-bond acceptors (Lipinski definition) is 9. The van der Waals surface area contributed by atoms with Crippen LogP contribution in [0.2, 0.25) is 0 Å². The largest absolute Gasteiger partial charge is 0.461 e. The van der Waals surface area contributed by atoms with Gasteiger partial charge < -0.3 is 34.9 Å². The Balaban J connectivity index is 1.49. The van der Waals surface area contributed by atoms with Crippen molar-refractivity contribution in [1.29, 1.82) is 0 Å². The number of ether oxygens (including phenoxy) is 3. The van der Waals surface area contributed by atoms with E-state index in [4.69, 9.17) is 14.2 Å². The topological polar surface area (TPSA) is 161 Å². The first kappa shape index (κ1) is 36.3. The number of allylic oxidation sites excluding steroid dienone is 1. The summed E-state index contributed by atoms with van der Waals surface area (Å²) < 4.78 is 16.1. The maximum Gasteiger partial charge on any atom is 0.408 e. The molecule has 1 aliphatic rings. The van der Waals surface area contributed by atoms with Crippen LogP contribution in [0.25, 0.3) is 0 Å². The number of nitrogens with zero attached hydrogens (tertiary/aromatic N) is 1. The normalized spacial score (nSPS) is 18.1. The second-order valence-corrected chi connectivity index (χ2v) is 11.4. The van der Waals surface area contributed by atoms with E-state index in [1.54, 1.807) is 60.7 Å². The number of hydrogen-bond donors (Lipinski definition) is 3. The van der Waals surface area contributed by atoms with Gasteiger partial charge in [0.05, 0.1) is 12.5 Å². The van der Waals surface area contributed by atoms with Gasteiger partial charge in [0, 0.05) is 19.5 Å². The zero-order chi connectivity index (χ0) is 34.8. The monoisotopic (exact) mass is 671 g/mol. The van der Waals surface area contributed by atoms with Crippen LogP contribution in [0.4, 0.5) is 4.79 Å². The third kappa shape index (κ3) is 12.2. The molecule has 0 saturated heterocycles. The van der Waals surface area contributed by atoms with Gasteiger partial charge in [0.25, 0.3) is 0 Å². The first-order valence-electron chi connectivity index (χ1n) is 16.0. The number of cyclic esters (lactones) is 1. The predicted octanol–water partition coefficient (Wildman–Crippen LogP) is 3.43. The van der Waals surface area contributed by atoms with Crippen LogP contribution in [0.1, 0.15) is 36.0 Å². The van der Waals surface area contributed by atoms with E-state index in [9.17, 15) is 29.1 Å². The standard InChI is InChI=1S/C37H41N3O9/c41-21-20-40(23-27-12-4-1-5-13-27)33(42)22-30-18-10-11-19-31(39-37(46)49-25-29-16-8-3-9-17-29)35(44)48-26-32(38-34(30)43)36(45)47-24-28-14-6-2-7-15-28/h1-17,30-32,41H,18-26H2,(H,38,43)(H,39,46). The Morgan fingerprint density at radius 3 is 2.00 bits per heavy atom. The molecule has 3 unspecified atom stereocenters. The van der Waals surface area contributed by atoms with Crippen molar-refractivity contribution in [3.05, 3.63) is 120 Å². The number of aliphatic hydroxyl groups is 1. The van der Waals surface area contributed by atoms with Crippen molar-refractivity contribution in [3.63, 3.8) is 0 Å². The van der Waals surface area contributed by atoms with Gasteiger partial charge in [-0.3, -0.25) is 9.59 Å². The SMILES string of the molecule is O=C(NC1CC=CCC(CC(=O)N(CCO)Cc2ccccc2)C(=O)NC(C(=O)OCc2ccccc2)COC1=O)OCc1ccccc1. The number of carbonyl (C=O) groups is 5. The molecular formula is C37H41N3O9. The summed E-state index contributed by atoms with van der Waals surface area (Å²) in [6.45, 7) is -0.641. The lowest BCUT2D eigenvalue weighted by molar-refractivity contribution is -0.156. The Morgan fingerprint density at radius 1 is 0.816 bits per heavy atom. The first-order valence-corrected chi connectivity index (χ1v) is 16.0. The van der Waals surface area contributed by atoms with Crippen LogP contribution in [0, 0.1) is 5.92 Å². The lowest BCUT2D eigenvalue weighted by atomic mass is 9.97. The number of benzene rings is 3. The van der Waals surface area contributed by atoms with E-state index in [0.717, 1.165) is 11.1 Å². The predicted molar refractivity (Wildman–Crippen MR) is 178 cm³/mol. The van der Waals surface area contributed by atoms with Gasteiger partial charge in [-0.05, 0) is 29.5 Å². The Kier molecular flexibility index (Phi) is 14.4. The van der Waals surface area contributed by atoms with E-state index >= 15 is 0 Å². The second kappa shape index (κ2) is 19.4. The van der Waals surface area contributed by atoms with Crippen LogP contribution in [0.5, 0.6) is 0 Å². The Morgan fingerprint density at radius 2 is 1.39 bits per heavy atom. The van der Waals surface area contributed by atoms with E-state index in [1.807, 2.05) is 42.5 Å². The summed E-state index contributed by atoms with van der Waals surface area (Å²) >= 11 is 0. The summed E-state index contributed by atoms with van der Waals surface area (Å²) in [5.74, 6) is -3.58. The Labute approximate surface area is 285 Å². The Bertz CT molecular complexity index is 1550. The molecule has 0 bridgehead atoms. The van der Waals surface area contributed by atoms with Crippen molar-refractivity contribution < 1.29 is 43.3 Å². The van der Waals surface area contributed by atoms with Crippen molar-refractivity contribution in [2.45, 2.75) is 51.1 Å². The summed E-state index contributed by atoms with van der Waals surface area (Å²) in [5.41, 5.74) is 2.33. The smallest absolute Gasteiger partial charge is 0.408 e. The molecule has 0 aromatic heterocycles. The summed E-state index contributed by atoms with van der Waals surface area (Å²) in [7, 11) is 0. The summed E-state index contributed by atoms with van der Waals surface area (Å²) in [6.07, 6.45) is 2.26. The van der Waals surface area contributed by atoms with E-state index < -0.39 is 48.5 Å².